The molecule has 0 spiro atoms. The van der Waals surface area contributed by atoms with E-state index >= 15 is 0 Å². The van der Waals surface area contributed by atoms with Crippen molar-refractivity contribution in [3.8, 4) is 0 Å². The maximum Gasteiger partial charge on any atom is 0.0457 e. The number of hydrogen-bond donors (Lipinski definition) is 1. The molecule has 0 aliphatic rings. The van der Waals surface area contributed by atoms with Crippen molar-refractivity contribution in [3.63, 3.8) is 0 Å². The van der Waals surface area contributed by atoms with Crippen molar-refractivity contribution < 1.29 is 0 Å². The highest BCUT2D eigenvalue weighted by Crippen LogP contribution is 2.20. The summed E-state index contributed by atoms with van der Waals surface area (Å²) < 4.78 is 0. The normalized spacial score (nSPS) is 11.5. The van der Waals surface area contributed by atoms with E-state index in [4.69, 9.17) is 0 Å². The third kappa shape index (κ3) is 2.53. The first-order valence-electron chi connectivity index (χ1n) is 7.03. The van der Waals surface area contributed by atoms with Crippen LogP contribution in [-0.4, -0.2) is 4.98 Å². The third-order valence-corrected chi connectivity index (χ3v) is 3.75. The van der Waals surface area contributed by atoms with Gasteiger partial charge in [0.1, 0.15) is 0 Å². The Hall–Kier alpha value is -2.28. The number of aryl methyl sites for hydroxylation is 2. The van der Waals surface area contributed by atoms with Gasteiger partial charge in [0.15, 0.2) is 0 Å². The highest BCUT2D eigenvalue weighted by Gasteiger charge is 2.02. The van der Waals surface area contributed by atoms with Crippen LogP contribution in [0.1, 0.15) is 22.3 Å². The Balaban J connectivity index is 1.84. The van der Waals surface area contributed by atoms with Crippen molar-refractivity contribution in [2.24, 2.45) is 0 Å². The Bertz CT molecular complexity index is 762. The van der Waals surface area contributed by atoms with Crippen LogP contribution >= 0.6 is 0 Å². The Morgan fingerprint density at radius 2 is 1.90 bits per heavy atom. The number of nitrogens with one attached hydrogen (secondary N) is 1. The Labute approximate surface area is 120 Å². The average molecular weight is 261 g/mol. The molecule has 1 heterocycles. The lowest BCUT2D eigenvalue weighted by Crippen LogP contribution is -1.81. The summed E-state index contributed by atoms with van der Waals surface area (Å²) in [5, 5.41) is 1.33. The summed E-state index contributed by atoms with van der Waals surface area (Å²) in [5.74, 6) is 0. The van der Waals surface area contributed by atoms with Gasteiger partial charge in [-0.2, -0.15) is 0 Å². The van der Waals surface area contributed by atoms with Crippen molar-refractivity contribution in [1.82, 2.24) is 4.98 Å². The van der Waals surface area contributed by atoms with Crippen LogP contribution in [0.4, 0.5) is 0 Å². The number of H-pyrrole nitrogens is 1. The maximum atomic E-state index is 3.34. The largest absolute Gasteiger partial charge is 0.361 e. The Kier molecular flexibility index (Phi) is 3.42. The van der Waals surface area contributed by atoms with Crippen molar-refractivity contribution >= 4 is 17.0 Å². The third-order valence-electron chi connectivity index (χ3n) is 3.75. The van der Waals surface area contributed by atoms with Gasteiger partial charge in [-0.1, -0.05) is 48.0 Å². The number of hydrogen-bond acceptors (Lipinski definition) is 0. The molecule has 1 aromatic heterocycles. The minimum atomic E-state index is 0.956. The summed E-state index contributed by atoms with van der Waals surface area (Å²) >= 11 is 0. The summed E-state index contributed by atoms with van der Waals surface area (Å²) in [4.78, 5) is 3.34. The molecular weight excluding hydrogens is 242 g/mol. The zero-order valence-corrected chi connectivity index (χ0v) is 12.0. The predicted octanol–water partition coefficient (Wildman–Crippen LogP) is 5.04. The first-order chi connectivity index (χ1) is 9.74. The Morgan fingerprint density at radius 1 is 1.05 bits per heavy atom. The van der Waals surface area contributed by atoms with Crippen molar-refractivity contribution in [2.75, 3.05) is 0 Å². The number of fused-ring (bicyclic) bond motifs is 1. The molecule has 2 aromatic carbocycles. The van der Waals surface area contributed by atoms with Crippen LogP contribution in [0.15, 0.2) is 54.7 Å². The molecule has 0 saturated heterocycles. The molecule has 0 aliphatic heterocycles. The fraction of sp³-hybridized carbons (Fsp3) is 0.158. The molecule has 20 heavy (non-hydrogen) atoms. The summed E-state index contributed by atoms with van der Waals surface area (Å²) in [6.07, 6.45) is 7.53. The molecular formula is C19H19N. The van der Waals surface area contributed by atoms with E-state index in [9.17, 15) is 0 Å². The molecule has 100 valence electrons. The molecule has 0 amide bonds. The summed E-state index contributed by atoms with van der Waals surface area (Å²) in [7, 11) is 0. The van der Waals surface area contributed by atoms with E-state index in [0.717, 1.165) is 6.42 Å². The predicted molar refractivity (Wildman–Crippen MR) is 87.0 cm³/mol. The number of rotatable bonds is 3. The average Bonchev–Trinajstić information content (AvgIpc) is 2.83. The smallest absolute Gasteiger partial charge is 0.0457 e. The second kappa shape index (κ2) is 5.38. The van der Waals surface area contributed by atoms with Crippen molar-refractivity contribution in [2.45, 2.75) is 20.3 Å². The van der Waals surface area contributed by atoms with Crippen molar-refractivity contribution in [3.05, 3.63) is 77.0 Å². The molecule has 0 saturated carbocycles. The fourth-order valence-electron chi connectivity index (χ4n) is 2.55. The lowest BCUT2D eigenvalue weighted by atomic mass is 10.1. The van der Waals surface area contributed by atoms with Crippen LogP contribution in [0.3, 0.4) is 0 Å². The van der Waals surface area contributed by atoms with E-state index in [1.54, 1.807) is 0 Å². The van der Waals surface area contributed by atoms with E-state index in [-0.39, 0.29) is 0 Å². The molecule has 0 aliphatic carbocycles. The number of benzene rings is 2. The van der Waals surface area contributed by atoms with E-state index in [1.165, 1.54) is 33.2 Å². The number of aromatic nitrogens is 1. The van der Waals surface area contributed by atoms with Gasteiger partial charge in [0.25, 0.3) is 0 Å². The van der Waals surface area contributed by atoms with Crippen LogP contribution in [0.25, 0.3) is 17.0 Å². The summed E-state index contributed by atoms with van der Waals surface area (Å²) in [6.45, 7) is 4.29. The van der Waals surface area contributed by atoms with Gasteiger partial charge in [-0.3, -0.25) is 0 Å². The van der Waals surface area contributed by atoms with Crippen LogP contribution in [0.5, 0.6) is 0 Å². The minimum absolute atomic E-state index is 0.956. The van der Waals surface area contributed by atoms with Gasteiger partial charge < -0.3 is 4.98 Å². The van der Waals surface area contributed by atoms with Crippen LogP contribution in [0.2, 0.25) is 0 Å². The summed E-state index contributed by atoms with van der Waals surface area (Å²) in [6, 6.07) is 15.0. The molecule has 3 aromatic rings. The van der Waals surface area contributed by atoms with Gasteiger partial charge in [-0.15, -0.1) is 0 Å². The highest BCUT2D eigenvalue weighted by atomic mass is 14.7. The zero-order chi connectivity index (χ0) is 13.9. The molecule has 0 bridgehead atoms. The first-order valence-corrected chi connectivity index (χ1v) is 7.03. The van der Waals surface area contributed by atoms with Gasteiger partial charge in [0, 0.05) is 17.1 Å². The summed E-state index contributed by atoms with van der Waals surface area (Å²) in [5.41, 5.74) is 6.49. The van der Waals surface area contributed by atoms with Gasteiger partial charge in [0.05, 0.1) is 0 Å². The number of aromatic amines is 1. The van der Waals surface area contributed by atoms with Crippen LogP contribution < -0.4 is 0 Å². The van der Waals surface area contributed by atoms with E-state index < -0.39 is 0 Å². The Morgan fingerprint density at radius 3 is 2.75 bits per heavy atom. The van der Waals surface area contributed by atoms with E-state index in [0.29, 0.717) is 0 Å². The van der Waals surface area contributed by atoms with Gasteiger partial charge in [0.2, 0.25) is 0 Å². The molecule has 1 nitrogen and oxygen atoms in total. The lowest BCUT2D eigenvalue weighted by molar-refractivity contribution is 1.29. The molecule has 0 atom stereocenters. The minimum Gasteiger partial charge on any atom is -0.361 e. The molecule has 1 heteroatoms. The van der Waals surface area contributed by atoms with Gasteiger partial charge in [-0.25, -0.2) is 0 Å². The van der Waals surface area contributed by atoms with E-state index in [1.807, 2.05) is 0 Å². The molecule has 0 unspecified atom stereocenters. The second-order valence-electron chi connectivity index (χ2n) is 5.33. The molecule has 0 radical (unpaired) electrons. The van der Waals surface area contributed by atoms with Crippen molar-refractivity contribution in [1.29, 1.82) is 0 Å². The first kappa shape index (κ1) is 12.7. The maximum absolute atomic E-state index is 3.34. The molecule has 3 rings (SSSR count). The van der Waals surface area contributed by atoms with E-state index in [2.05, 4.69) is 79.6 Å². The number of allylic oxidation sites excluding steroid dienone is 1. The van der Waals surface area contributed by atoms with Crippen LogP contribution in [0, 0.1) is 13.8 Å². The topological polar surface area (TPSA) is 15.8 Å². The fourth-order valence-corrected chi connectivity index (χ4v) is 2.55. The molecule has 0 fully saturated rings. The standard InChI is InChI=1S/C19H19N/c1-14-10-11-19-18(12-14)17(13-20-19)9-5-8-16-7-4-3-6-15(16)2/h3-8,10-13,20H,9H2,1-2H3/b8-5-. The second-order valence-corrected chi connectivity index (χ2v) is 5.33. The zero-order valence-electron chi connectivity index (χ0n) is 12.0. The SMILES string of the molecule is Cc1ccc2[nH]cc(C/C=C\c3ccccc3C)c2c1. The quantitative estimate of drug-likeness (QED) is 0.679. The lowest BCUT2D eigenvalue weighted by Gasteiger charge is -1.99. The highest BCUT2D eigenvalue weighted by molar-refractivity contribution is 5.84. The monoisotopic (exact) mass is 261 g/mol. The van der Waals surface area contributed by atoms with Gasteiger partial charge in [-0.05, 0) is 49.1 Å². The van der Waals surface area contributed by atoms with Gasteiger partial charge >= 0.3 is 0 Å². The van der Waals surface area contributed by atoms with Crippen LogP contribution in [-0.2, 0) is 6.42 Å². The molecule has 1 N–H and O–H groups in total.